The van der Waals surface area contributed by atoms with Crippen LogP contribution >= 0.6 is 12.2 Å². The average Bonchev–Trinajstić information content (AvgIpc) is 2.93. The van der Waals surface area contributed by atoms with E-state index >= 15 is 0 Å². The Hall–Kier alpha value is -0.640. The summed E-state index contributed by atoms with van der Waals surface area (Å²) in [7, 11) is 0. The Kier molecular flexibility index (Phi) is 3.71. The molecule has 1 atom stereocenters. The van der Waals surface area contributed by atoms with Crippen LogP contribution in [0.2, 0.25) is 0 Å². The van der Waals surface area contributed by atoms with Gasteiger partial charge in [0.2, 0.25) is 5.91 Å². The van der Waals surface area contributed by atoms with Crippen LogP contribution in [0.25, 0.3) is 0 Å². The van der Waals surface area contributed by atoms with Crippen LogP contribution in [0.4, 0.5) is 0 Å². The van der Waals surface area contributed by atoms with Crippen molar-refractivity contribution in [2.45, 2.75) is 33.6 Å². The summed E-state index contributed by atoms with van der Waals surface area (Å²) in [4.78, 5) is 11.9. The summed E-state index contributed by atoms with van der Waals surface area (Å²) in [6.45, 7) is 6.91. The number of carbonyl (C=O) groups excluding carboxylic acids is 1. The van der Waals surface area contributed by atoms with Crippen molar-refractivity contribution in [2.24, 2.45) is 23.0 Å². The van der Waals surface area contributed by atoms with Crippen LogP contribution in [0.15, 0.2) is 0 Å². The zero-order chi connectivity index (χ0) is 11.6. The summed E-state index contributed by atoms with van der Waals surface area (Å²) in [5.41, 5.74) is 5.76. The first kappa shape index (κ1) is 12.4. The van der Waals surface area contributed by atoms with E-state index in [0.717, 1.165) is 6.54 Å². The highest BCUT2D eigenvalue weighted by atomic mass is 32.1. The Labute approximate surface area is 96.8 Å². The first-order valence-electron chi connectivity index (χ1n) is 5.46. The van der Waals surface area contributed by atoms with E-state index in [9.17, 15) is 4.79 Å². The Morgan fingerprint density at radius 3 is 2.33 bits per heavy atom. The molecule has 0 aromatic rings. The molecule has 15 heavy (non-hydrogen) atoms. The van der Waals surface area contributed by atoms with Crippen molar-refractivity contribution in [3.05, 3.63) is 0 Å². The van der Waals surface area contributed by atoms with Gasteiger partial charge in [-0.15, -0.1) is 0 Å². The molecule has 1 aliphatic rings. The summed E-state index contributed by atoms with van der Waals surface area (Å²) in [6, 6.07) is 0. The molecule has 1 aliphatic carbocycles. The molecular weight excluding hydrogens is 208 g/mol. The Bertz CT molecular complexity index is 272. The highest BCUT2D eigenvalue weighted by molar-refractivity contribution is 7.80. The number of thiocarbonyl (C=S) groups is 1. The van der Waals surface area contributed by atoms with Crippen molar-refractivity contribution in [3.63, 3.8) is 0 Å². The zero-order valence-corrected chi connectivity index (χ0v) is 10.5. The number of hydrogen-bond donors (Lipinski definition) is 2. The SMILES string of the molecule is CC(C(=O)NCC1(C(C)C)CC1)C(N)=S. The molecular formula is C11H20N2OS. The number of amides is 1. The lowest BCUT2D eigenvalue weighted by atomic mass is 9.92. The van der Waals surface area contributed by atoms with Crippen molar-refractivity contribution in [1.82, 2.24) is 5.32 Å². The van der Waals surface area contributed by atoms with Crippen molar-refractivity contribution in [1.29, 1.82) is 0 Å². The summed E-state index contributed by atoms with van der Waals surface area (Å²) in [6.07, 6.45) is 2.43. The fourth-order valence-corrected chi connectivity index (χ4v) is 1.77. The minimum atomic E-state index is -0.358. The predicted octanol–water partition coefficient (Wildman–Crippen LogP) is 1.46. The fraction of sp³-hybridized carbons (Fsp3) is 0.818. The second-order valence-corrected chi connectivity index (χ2v) is 5.33. The summed E-state index contributed by atoms with van der Waals surface area (Å²) in [5, 5.41) is 2.94. The summed E-state index contributed by atoms with van der Waals surface area (Å²) >= 11 is 4.79. The minimum Gasteiger partial charge on any atom is -0.393 e. The first-order chi connectivity index (χ1) is 6.89. The quantitative estimate of drug-likeness (QED) is 0.700. The minimum absolute atomic E-state index is 0.0468. The topological polar surface area (TPSA) is 55.1 Å². The van der Waals surface area contributed by atoms with Gasteiger partial charge in [-0.2, -0.15) is 0 Å². The molecule has 1 unspecified atom stereocenters. The van der Waals surface area contributed by atoms with Crippen LogP contribution in [0.3, 0.4) is 0 Å². The molecule has 1 fully saturated rings. The Balaban J connectivity index is 2.38. The summed E-state index contributed by atoms with van der Waals surface area (Å²) in [5.74, 6) is 0.218. The molecule has 0 heterocycles. The van der Waals surface area contributed by atoms with Crippen molar-refractivity contribution in [2.75, 3.05) is 6.54 Å². The lowest BCUT2D eigenvalue weighted by molar-refractivity contribution is -0.122. The van der Waals surface area contributed by atoms with Crippen LogP contribution in [0.5, 0.6) is 0 Å². The highest BCUT2D eigenvalue weighted by Crippen LogP contribution is 2.51. The van der Waals surface area contributed by atoms with Crippen LogP contribution in [0.1, 0.15) is 33.6 Å². The van der Waals surface area contributed by atoms with E-state index < -0.39 is 0 Å². The smallest absolute Gasteiger partial charge is 0.229 e. The lowest BCUT2D eigenvalue weighted by Gasteiger charge is -2.21. The molecule has 86 valence electrons. The van der Waals surface area contributed by atoms with Gasteiger partial charge in [-0.05, 0) is 31.1 Å². The number of nitrogens with two attached hydrogens (primary N) is 1. The second-order valence-electron chi connectivity index (χ2n) is 4.86. The third-order valence-electron chi connectivity index (χ3n) is 3.55. The van der Waals surface area contributed by atoms with Gasteiger partial charge in [-0.1, -0.05) is 26.1 Å². The molecule has 3 N–H and O–H groups in total. The third kappa shape index (κ3) is 2.91. The van der Waals surface area contributed by atoms with Crippen molar-refractivity contribution >= 4 is 23.1 Å². The number of hydrogen-bond acceptors (Lipinski definition) is 2. The molecule has 0 saturated heterocycles. The molecule has 1 rings (SSSR count). The molecule has 3 nitrogen and oxygen atoms in total. The molecule has 0 bridgehead atoms. The monoisotopic (exact) mass is 228 g/mol. The van der Waals surface area contributed by atoms with Crippen LogP contribution in [-0.4, -0.2) is 17.4 Å². The molecule has 0 spiro atoms. The fourth-order valence-electron chi connectivity index (χ4n) is 1.66. The van der Waals surface area contributed by atoms with Gasteiger partial charge in [0, 0.05) is 6.54 Å². The van der Waals surface area contributed by atoms with E-state index in [2.05, 4.69) is 19.2 Å². The van der Waals surface area contributed by atoms with Gasteiger partial charge < -0.3 is 11.1 Å². The van der Waals surface area contributed by atoms with Crippen molar-refractivity contribution < 1.29 is 4.79 Å². The van der Waals surface area contributed by atoms with E-state index in [1.54, 1.807) is 6.92 Å². The molecule has 0 aliphatic heterocycles. The van der Waals surface area contributed by atoms with Crippen LogP contribution in [0, 0.1) is 17.3 Å². The lowest BCUT2D eigenvalue weighted by Crippen LogP contribution is -2.39. The van der Waals surface area contributed by atoms with Gasteiger partial charge in [0.05, 0.1) is 10.9 Å². The van der Waals surface area contributed by atoms with Crippen LogP contribution in [-0.2, 0) is 4.79 Å². The number of carbonyl (C=O) groups is 1. The van der Waals surface area contributed by atoms with Gasteiger partial charge in [-0.3, -0.25) is 4.79 Å². The largest absolute Gasteiger partial charge is 0.393 e. The summed E-state index contributed by atoms with van der Waals surface area (Å²) < 4.78 is 0. The van der Waals surface area contributed by atoms with E-state index in [1.165, 1.54) is 12.8 Å². The third-order valence-corrected chi connectivity index (χ3v) is 3.91. The zero-order valence-electron chi connectivity index (χ0n) is 9.67. The molecule has 4 heteroatoms. The molecule has 0 radical (unpaired) electrons. The van der Waals surface area contributed by atoms with Gasteiger partial charge in [-0.25, -0.2) is 0 Å². The Morgan fingerprint density at radius 2 is 2.00 bits per heavy atom. The van der Waals surface area contributed by atoms with E-state index in [4.69, 9.17) is 18.0 Å². The number of nitrogens with one attached hydrogen (secondary N) is 1. The Morgan fingerprint density at radius 1 is 1.47 bits per heavy atom. The van der Waals surface area contributed by atoms with Gasteiger partial charge in [0.15, 0.2) is 0 Å². The van der Waals surface area contributed by atoms with Crippen molar-refractivity contribution in [3.8, 4) is 0 Å². The van der Waals surface area contributed by atoms with Gasteiger partial charge in [0.25, 0.3) is 0 Å². The maximum atomic E-state index is 11.6. The second kappa shape index (κ2) is 4.47. The predicted molar refractivity (Wildman–Crippen MR) is 65.5 cm³/mol. The molecule has 1 saturated carbocycles. The normalized spacial score (nSPS) is 19.7. The van der Waals surface area contributed by atoms with E-state index in [-0.39, 0.29) is 16.8 Å². The average molecular weight is 228 g/mol. The molecule has 0 aromatic carbocycles. The standard InChI is InChI=1S/C11H20N2OS/c1-7(2)11(4-5-11)6-13-10(14)8(3)9(12)15/h7-8H,4-6H2,1-3H3,(H2,12,15)(H,13,14). The number of rotatable bonds is 5. The van der Waals surface area contributed by atoms with Gasteiger partial charge in [0.1, 0.15) is 0 Å². The molecule has 0 aromatic heterocycles. The van der Waals surface area contributed by atoms with Gasteiger partial charge >= 0.3 is 0 Å². The first-order valence-corrected chi connectivity index (χ1v) is 5.87. The van der Waals surface area contributed by atoms with Crippen LogP contribution < -0.4 is 11.1 Å². The maximum Gasteiger partial charge on any atom is 0.229 e. The maximum absolute atomic E-state index is 11.6. The van der Waals surface area contributed by atoms with E-state index in [0.29, 0.717) is 11.3 Å². The highest BCUT2D eigenvalue weighted by Gasteiger charge is 2.45. The molecule has 1 amide bonds. The van der Waals surface area contributed by atoms with E-state index in [1.807, 2.05) is 0 Å².